The van der Waals surface area contributed by atoms with Crippen LogP contribution in [0.4, 0.5) is 14.6 Å². The van der Waals surface area contributed by atoms with E-state index < -0.39 is 18.5 Å². The van der Waals surface area contributed by atoms with Gasteiger partial charge in [0.15, 0.2) is 0 Å². The third-order valence-electron chi connectivity index (χ3n) is 8.28. The number of carbonyl (C=O) groups is 1. The first-order valence-corrected chi connectivity index (χ1v) is 14.0. The summed E-state index contributed by atoms with van der Waals surface area (Å²) >= 11 is 0. The number of benzene rings is 2. The largest absolute Gasteiger partial charge is 0.481 e. The number of carbonyl (C=O) groups excluding carboxylic acids is 1. The highest BCUT2D eigenvalue weighted by molar-refractivity contribution is 5.95. The molecule has 0 saturated carbocycles. The van der Waals surface area contributed by atoms with Gasteiger partial charge in [-0.1, -0.05) is 24.0 Å². The molecule has 0 bridgehead atoms. The van der Waals surface area contributed by atoms with Crippen LogP contribution in [-0.4, -0.2) is 72.7 Å². The fourth-order valence-corrected chi connectivity index (χ4v) is 6.01. The van der Waals surface area contributed by atoms with Crippen molar-refractivity contribution in [2.45, 2.75) is 44.2 Å². The number of nitrogens with one attached hydrogen (secondary N) is 1. The van der Waals surface area contributed by atoms with Gasteiger partial charge in [0.05, 0.1) is 37.2 Å². The van der Waals surface area contributed by atoms with E-state index in [9.17, 15) is 13.6 Å². The lowest BCUT2D eigenvalue weighted by molar-refractivity contribution is -0.0800. The van der Waals surface area contributed by atoms with Crippen molar-refractivity contribution in [1.29, 1.82) is 0 Å². The number of piperidine rings is 1. The third-order valence-corrected chi connectivity index (χ3v) is 8.28. The Labute approximate surface area is 243 Å². The summed E-state index contributed by atoms with van der Waals surface area (Å²) in [5, 5.41) is 3.59. The fourth-order valence-electron chi connectivity index (χ4n) is 6.01. The molecule has 1 saturated heterocycles. The summed E-state index contributed by atoms with van der Waals surface area (Å²) in [7, 11) is 3.10. The van der Waals surface area contributed by atoms with Gasteiger partial charge in [0.25, 0.3) is 11.8 Å². The molecule has 8 nitrogen and oxygen atoms in total. The Morgan fingerprint density at radius 1 is 1.17 bits per heavy atom. The lowest BCUT2D eigenvalue weighted by atomic mass is 9.94. The lowest BCUT2D eigenvalue weighted by Gasteiger charge is -2.38. The van der Waals surface area contributed by atoms with E-state index in [1.165, 1.54) is 11.9 Å². The number of likely N-dealkylation sites (tertiary alicyclic amines) is 1. The van der Waals surface area contributed by atoms with E-state index in [4.69, 9.17) is 4.74 Å². The molecule has 216 valence electrons. The second kappa shape index (κ2) is 11.1. The van der Waals surface area contributed by atoms with Gasteiger partial charge in [0.1, 0.15) is 12.1 Å². The van der Waals surface area contributed by atoms with Crippen LogP contribution in [0.5, 0.6) is 0 Å². The molecule has 1 N–H and O–H groups in total. The first kappa shape index (κ1) is 27.8. The molecule has 4 heterocycles. The van der Waals surface area contributed by atoms with E-state index in [0.29, 0.717) is 18.0 Å². The number of fused-ring (bicyclic) bond motifs is 2. The Balaban J connectivity index is 1.28. The number of halogens is 2. The number of alkyl halides is 2. The Kier molecular flexibility index (Phi) is 7.37. The number of aromatic nitrogens is 2. The number of aliphatic imine (C=N–C) groups is 1. The first-order chi connectivity index (χ1) is 20.3. The highest BCUT2D eigenvalue weighted by Crippen LogP contribution is 2.33. The maximum Gasteiger partial charge on any atom is 0.280 e. The predicted octanol–water partition coefficient (Wildman–Crippen LogP) is 4.23. The van der Waals surface area contributed by atoms with Crippen molar-refractivity contribution in [3.8, 4) is 11.8 Å². The Bertz CT molecular complexity index is 1670. The zero-order valence-corrected chi connectivity index (χ0v) is 23.8. The second-order valence-corrected chi connectivity index (χ2v) is 10.9. The molecule has 0 radical (unpaired) electrons. The van der Waals surface area contributed by atoms with E-state index in [-0.39, 0.29) is 24.8 Å². The molecule has 2 atom stereocenters. The number of anilines is 1. The van der Waals surface area contributed by atoms with E-state index in [2.05, 4.69) is 49.2 Å². The second-order valence-electron chi connectivity index (χ2n) is 10.9. The van der Waals surface area contributed by atoms with Crippen LogP contribution in [0.15, 0.2) is 53.6 Å². The number of nitrogens with zero attached hydrogens (tertiary/aromatic N) is 5. The van der Waals surface area contributed by atoms with E-state index in [0.717, 1.165) is 51.9 Å². The maximum absolute atomic E-state index is 14.6. The Morgan fingerprint density at radius 2 is 2.02 bits per heavy atom. The summed E-state index contributed by atoms with van der Waals surface area (Å²) in [4.78, 5) is 30.4. The predicted molar refractivity (Wildman–Crippen MR) is 158 cm³/mol. The molecule has 1 fully saturated rings. The number of hydrogen-bond acceptors (Lipinski definition) is 7. The molecule has 6 rings (SSSR count). The molecule has 3 aliphatic rings. The van der Waals surface area contributed by atoms with Crippen LogP contribution in [0.1, 0.15) is 45.0 Å². The van der Waals surface area contributed by atoms with Crippen molar-refractivity contribution >= 4 is 28.8 Å². The number of ether oxygens (including phenoxy) is 1. The molecule has 42 heavy (non-hydrogen) atoms. The minimum Gasteiger partial charge on any atom is -0.481 e. The molecular formula is C32H32F2N6O2. The molecule has 3 aliphatic heterocycles. The van der Waals surface area contributed by atoms with Crippen molar-refractivity contribution in [3.63, 3.8) is 0 Å². The average molecular weight is 571 g/mol. The minimum absolute atomic E-state index is 0.207. The molecule has 0 spiro atoms. The summed E-state index contributed by atoms with van der Waals surface area (Å²) in [6.07, 6.45) is 5.99. The molecule has 10 heteroatoms. The van der Waals surface area contributed by atoms with Gasteiger partial charge in [-0.2, -0.15) is 0 Å². The summed E-state index contributed by atoms with van der Waals surface area (Å²) < 4.78 is 34.4. The number of hydrogen-bond donors (Lipinski definition) is 1. The molecule has 3 aromatic rings. The summed E-state index contributed by atoms with van der Waals surface area (Å²) in [6.45, 7) is 3.00. The molecule has 2 aromatic carbocycles. The number of allylic oxidation sites excluding steroid dienone is 1. The van der Waals surface area contributed by atoms with Crippen LogP contribution in [0.2, 0.25) is 0 Å². The molecular weight excluding hydrogens is 538 g/mol. The summed E-state index contributed by atoms with van der Waals surface area (Å²) in [6, 6.07) is 8.79. The van der Waals surface area contributed by atoms with Crippen LogP contribution in [-0.2, 0) is 17.7 Å². The zero-order valence-electron chi connectivity index (χ0n) is 23.8. The molecule has 1 aromatic heterocycles. The summed E-state index contributed by atoms with van der Waals surface area (Å²) in [5.74, 6) is 3.95. The standard InChI is InChI=1S/C32H32F2N6O2/c1-20-13-24(23-5-4-6-28(42-3)36-16-23)15-26-29(20)37-19-38-30(26)39-11-9-21-7-8-22(14-25(21)17-39)31(41)40-12-10-27(35-2)32(33,34)18-40/h6-8,13-16,19,23,27,35H,9-12,17-18H2,1-3H3. The number of aryl methyl sites for hydroxylation is 1. The van der Waals surface area contributed by atoms with Crippen molar-refractivity contribution in [3.05, 3.63) is 76.4 Å². The van der Waals surface area contributed by atoms with Crippen molar-refractivity contribution < 1.29 is 18.3 Å². The van der Waals surface area contributed by atoms with E-state index in [1.54, 1.807) is 31.8 Å². The monoisotopic (exact) mass is 570 g/mol. The van der Waals surface area contributed by atoms with Gasteiger partial charge in [-0.15, -0.1) is 0 Å². The summed E-state index contributed by atoms with van der Waals surface area (Å²) in [5.41, 5.74) is 5.41. The third kappa shape index (κ3) is 5.21. The normalized spacial score (nSPS) is 21.2. The van der Waals surface area contributed by atoms with Crippen molar-refractivity contribution in [2.75, 3.05) is 38.7 Å². The number of rotatable bonds is 5. The number of amides is 1. The van der Waals surface area contributed by atoms with Crippen LogP contribution < -0.4 is 10.2 Å². The first-order valence-electron chi connectivity index (χ1n) is 14.0. The molecule has 1 amide bonds. The van der Waals surface area contributed by atoms with Crippen LogP contribution >= 0.6 is 0 Å². The van der Waals surface area contributed by atoms with Crippen LogP contribution in [0.25, 0.3) is 10.9 Å². The van der Waals surface area contributed by atoms with Gasteiger partial charge in [-0.3, -0.25) is 4.79 Å². The molecule has 0 aliphatic carbocycles. The SMILES string of the molecule is CNC1CCN(C(=O)c2ccc3c(c2)CN(c2ncnc4c(C)cc(C5C#CC=C(OC)N=C5)cc24)CC3)CC1(F)F. The highest BCUT2D eigenvalue weighted by atomic mass is 19.3. The van der Waals surface area contributed by atoms with Gasteiger partial charge in [0.2, 0.25) is 5.88 Å². The quantitative estimate of drug-likeness (QED) is 0.463. The van der Waals surface area contributed by atoms with Gasteiger partial charge in [-0.05, 0) is 67.3 Å². The van der Waals surface area contributed by atoms with Crippen molar-refractivity contribution in [2.24, 2.45) is 4.99 Å². The molecule has 2 unspecified atom stereocenters. The van der Waals surface area contributed by atoms with Gasteiger partial charge in [-0.25, -0.2) is 23.7 Å². The van der Waals surface area contributed by atoms with Crippen molar-refractivity contribution in [1.82, 2.24) is 20.2 Å². The Morgan fingerprint density at radius 3 is 2.81 bits per heavy atom. The number of methoxy groups -OCH3 is 1. The van der Waals surface area contributed by atoms with Crippen LogP contribution in [0, 0.1) is 18.8 Å². The van der Waals surface area contributed by atoms with E-state index >= 15 is 0 Å². The van der Waals surface area contributed by atoms with Gasteiger partial charge < -0.3 is 19.9 Å². The van der Waals surface area contributed by atoms with Crippen LogP contribution in [0.3, 0.4) is 0 Å². The van der Waals surface area contributed by atoms with Gasteiger partial charge >= 0.3 is 0 Å². The smallest absolute Gasteiger partial charge is 0.280 e. The highest BCUT2D eigenvalue weighted by Gasteiger charge is 2.45. The lowest BCUT2D eigenvalue weighted by Crippen LogP contribution is -2.57. The van der Waals surface area contributed by atoms with Gasteiger partial charge in [0, 0.05) is 36.8 Å². The average Bonchev–Trinajstić information content (AvgIpc) is 3.25. The van der Waals surface area contributed by atoms with E-state index in [1.807, 2.05) is 19.1 Å². The zero-order chi connectivity index (χ0) is 29.4. The topological polar surface area (TPSA) is 83.0 Å². The Hall–Kier alpha value is -4.36. The maximum atomic E-state index is 14.6. The fraction of sp³-hybridized carbons (Fsp3) is 0.375. The minimum atomic E-state index is -2.98.